The molecule has 8 nitrogen and oxygen atoms in total. The lowest BCUT2D eigenvalue weighted by Crippen LogP contribution is -2.36. The van der Waals surface area contributed by atoms with Crippen molar-refractivity contribution in [2.24, 2.45) is 0 Å². The predicted molar refractivity (Wildman–Crippen MR) is 175 cm³/mol. The van der Waals surface area contributed by atoms with Crippen LogP contribution in [-0.4, -0.2) is 32.8 Å². The molecule has 0 spiro atoms. The number of nitrogens with zero attached hydrogens (tertiary/aromatic N) is 5. The smallest absolute Gasteiger partial charge is 0.234 e. The summed E-state index contributed by atoms with van der Waals surface area (Å²) in [5, 5.41) is 4.58. The lowest BCUT2D eigenvalue weighted by Gasteiger charge is -2.31. The van der Waals surface area contributed by atoms with Gasteiger partial charge in [0.15, 0.2) is 0 Å². The van der Waals surface area contributed by atoms with Gasteiger partial charge in [-0.2, -0.15) is 5.10 Å². The van der Waals surface area contributed by atoms with Gasteiger partial charge in [0, 0.05) is 23.5 Å². The molecule has 1 amide bonds. The van der Waals surface area contributed by atoms with E-state index in [4.69, 9.17) is 14.5 Å². The summed E-state index contributed by atoms with van der Waals surface area (Å²) >= 11 is 0. The second kappa shape index (κ2) is 13.8. The summed E-state index contributed by atoms with van der Waals surface area (Å²) in [4.78, 5) is 25.6. The Labute approximate surface area is 264 Å². The molecule has 1 unspecified atom stereocenters. The number of aromatic nitrogens is 4. The molecule has 0 bridgehead atoms. The van der Waals surface area contributed by atoms with Crippen LogP contribution < -0.4 is 14.4 Å². The van der Waals surface area contributed by atoms with E-state index in [9.17, 15) is 4.79 Å². The van der Waals surface area contributed by atoms with E-state index in [2.05, 4.69) is 42.1 Å². The van der Waals surface area contributed by atoms with Gasteiger partial charge in [0.05, 0.1) is 49.9 Å². The van der Waals surface area contributed by atoms with Gasteiger partial charge < -0.3 is 14.4 Å². The number of methoxy groups -OCH3 is 1. The summed E-state index contributed by atoms with van der Waals surface area (Å²) in [5.74, 6) is 1.49. The molecule has 1 atom stereocenters. The minimum absolute atomic E-state index is 0.0532. The van der Waals surface area contributed by atoms with Crippen LogP contribution in [0.2, 0.25) is 0 Å². The van der Waals surface area contributed by atoms with E-state index < -0.39 is 0 Å². The average Bonchev–Trinajstić information content (AvgIpc) is 3.52. The summed E-state index contributed by atoms with van der Waals surface area (Å²) in [6.45, 7) is 5.60. The fourth-order valence-electron chi connectivity index (χ4n) is 5.91. The molecule has 0 N–H and O–H groups in total. The Kier molecular flexibility index (Phi) is 9.19. The molecule has 45 heavy (non-hydrogen) atoms. The highest BCUT2D eigenvalue weighted by Crippen LogP contribution is 2.39. The predicted octanol–water partition coefficient (Wildman–Crippen LogP) is 7.09. The fraction of sp³-hybridized carbons (Fsp3) is 0.297. The Morgan fingerprint density at radius 1 is 0.978 bits per heavy atom. The van der Waals surface area contributed by atoms with Gasteiger partial charge in [-0.3, -0.25) is 14.5 Å². The number of fused-ring (bicyclic) bond motifs is 1. The summed E-state index contributed by atoms with van der Waals surface area (Å²) in [6.07, 6.45) is 8.20. The van der Waals surface area contributed by atoms with Crippen LogP contribution in [0.1, 0.15) is 72.2 Å². The molecular formula is C37H39N5O3. The standard InChI is InChI=1S/C37H39N5O3/c1-26(2)34-19-18-30(21-38-34)42(23-28-20-39-41(22-28)24-29-12-7-17-36(40-29)44-3)37(43)33-15-8-14-32-31(33)13-9-16-35(32)45-25-27-10-5-4-6-11-27/h4-7,9-13,16-22,26,33H,8,14-15,23-25H2,1-3H3. The van der Waals surface area contributed by atoms with Crippen LogP contribution in [0.3, 0.4) is 0 Å². The molecule has 6 rings (SSSR count). The molecule has 2 aromatic carbocycles. The maximum Gasteiger partial charge on any atom is 0.234 e. The van der Waals surface area contributed by atoms with Crippen LogP contribution in [0, 0.1) is 0 Å². The van der Waals surface area contributed by atoms with Gasteiger partial charge >= 0.3 is 0 Å². The average molecular weight is 602 g/mol. The zero-order valence-corrected chi connectivity index (χ0v) is 26.1. The van der Waals surface area contributed by atoms with Crippen molar-refractivity contribution >= 4 is 11.6 Å². The van der Waals surface area contributed by atoms with E-state index in [0.717, 1.165) is 64.3 Å². The molecule has 0 saturated heterocycles. The molecule has 0 fully saturated rings. The maximum absolute atomic E-state index is 14.5. The van der Waals surface area contributed by atoms with Crippen LogP contribution in [0.25, 0.3) is 0 Å². The first-order valence-electron chi connectivity index (χ1n) is 15.6. The monoisotopic (exact) mass is 601 g/mol. The Hall–Kier alpha value is -4.98. The molecule has 0 aliphatic heterocycles. The molecule has 230 valence electrons. The third-order valence-electron chi connectivity index (χ3n) is 8.28. The second-order valence-corrected chi connectivity index (χ2v) is 11.8. The summed E-state index contributed by atoms with van der Waals surface area (Å²) in [7, 11) is 1.61. The first-order valence-corrected chi connectivity index (χ1v) is 15.6. The number of hydrogen-bond donors (Lipinski definition) is 0. The molecule has 8 heteroatoms. The number of ether oxygens (including phenoxy) is 2. The van der Waals surface area contributed by atoms with Crippen LogP contribution in [0.15, 0.2) is 97.5 Å². The first-order chi connectivity index (χ1) is 22.0. The van der Waals surface area contributed by atoms with Crippen LogP contribution >= 0.6 is 0 Å². The molecule has 1 aliphatic rings. The third kappa shape index (κ3) is 7.06. The normalized spacial score (nSPS) is 14.2. The zero-order chi connectivity index (χ0) is 31.2. The number of carbonyl (C=O) groups is 1. The topological polar surface area (TPSA) is 82.4 Å². The van der Waals surface area contributed by atoms with Gasteiger partial charge in [-0.1, -0.05) is 62.4 Å². The number of pyridine rings is 2. The first kappa shape index (κ1) is 30.1. The summed E-state index contributed by atoms with van der Waals surface area (Å²) in [5.41, 5.74) is 6.83. The molecule has 3 aromatic heterocycles. The van der Waals surface area contributed by atoms with E-state index in [1.54, 1.807) is 7.11 Å². The zero-order valence-electron chi connectivity index (χ0n) is 26.1. The Morgan fingerprint density at radius 2 is 1.82 bits per heavy atom. The summed E-state index contributed by atoms with van der Waals surface area (Å²) in [6, 6.07) is 26.0. The number of anilines is 1. The molecule has 3 heterocycles. The number of hydrogen-bond acceptors (Lipinski definition) is 6. The van der Waals surface area contributed by atoms with Gasteiger partial charge in [0.25, 0.3) is 0 Å². The van der Waals surface area contributed by atoms with Gasteiger partial charge in [0.1, 0.15) is 12.4 Å². The Balaban J connectivity index is 1.27. The number of rotatable bonds is 11. The molecular weight excluding hydrogens is 562 g/mol. The van der Waals surface area contributed by atoms with Gasteiger partial charge in [0.2, 0.25) is 11.8 Å². The van der Waals surface area contributed by atoms with Crippen LogP contribution in [0.5, 0.6) is 11.6 Å². The van der Waals surface area contributed by atoms with Crippen molar-refractivity contribution in [3.05, 3.63) is 131 Å². The molecule has 0 radical (unpaired) electrons. The minimum Gasteiger partial charge on any atom is -0.489 e. The second-order valence-electron chi connectivity index (χ2n) is 11.8. The van der Waals surface area contributed by atoms with Gasteiger partial charge in [-0.15, -0.1) is 0 Å². The molecule has 5 aromatic rings. The van der Waals surface area contributed by atoms with Gasteiger partial charge in [-0.25, -0.2) is 4.98 Å². The number of amides is 1. The maximum atomic E-state index is 14.5. The van der Waals surface area contributed by atoms with Crippen LogP contribution in [0.4, 0.5) is 5.69 Å². The number of benzene rings is 2. The third-order valence-corrected chi connectivity index (χ3v) is 8.28. The van der Waals surface area contributed by atoms with E-state index in [1.165, 1.54) is 0 Å². The van der Waals surface area contributed by atoms with Crippen molar-refractivity contribution in [2.75, 3.05) is 12.0 Å². The number of carbonyl (C=O) groups excluding carboxylic acids is 1. The van der Waals surface area contributed by atoms with Crippen molar-refractivity contribution in [2.45, 2.75) is 64.6 Å². The quantitative estimate of drug-likeness (QED) is 0.161. The van der Waals surface area contributed by atoms with Crippen LogP contribution in [-0.2, 0) is 30.9 Å². The van der Waals surface area contributed by atoms with E-state index in [-0.39, 0.29) is 11.8 Å². The van der Waals surface area contributed by atoms with E-state index in [1.807, 2.05) is 88.8 Å². The Morgan fingerprint density at radius 3 is 2.60 bits per heavy atom. The molecule has 1 aliphatic carbocycles. The van der Waals surface area contributed by atoms with Crippen molar-refractivity contribution in [3.8, 4) is 11.6 Å². The summed E-state index contributed by atoms with van der Waals surface area (Å²) < 4.78 is 13.4. The Bertz CT molecular complexity index is 1730. The van der Waals surface area contributed by atoms with Crippen molar-refractivity contribution < 1.29 is 14.3 Å². The van der Waals surface area contributed by atoms with E-state index in [0.29, 0.717) is 31.5 Å². The minimum atomic E-state index is -0.283. The largest absolute Gasteiger partial charge is 0.489 e. The van der Waals surface area contributed by atoms with E-state index >= 15 is 0 Å². The SMILES string of the molecule is COc1cccc(Cn2cc(CN(C(=O)C3CCCc4c(OCc5ccccc5)cccc43)c3ccc(C(C)C)nc3)cn2)n1. The van der Waals surface area contributed by atoms with Crippen molar-refractivity contribution in [1.29, 1.82) is 0 Å². The fourth-order valence-corrected chi connectivity index (χ4v) is 5.91. The lowest BCUT2D eigenvalue weighted by molar-refractivity contribution is -0.120. The highest BCUT2D eigenvalue weighted by Gasteiger charge is 2.32. The highest BCUT2D eigenvalue weighted by atomic mass is 16.5. The highest BCUT2D eigenvalue weighted by molar-refractivity contribution is 5.98. The van der Waals surface area contributed by atoms with Crippen molar-refractivity contribution in [3.63, 3.8) is 0 Å². The van der Waals surface area contributed by atoms with Gasteiger partial charge in [-0.05, 0) is 66.1 Å². The van der Waals surface area contributed by atoms with Crippen molar-refractivity contribution in [1.82, 2.24) is 19.7 Å². The molecule has 0 saturated carbocycles. The lowest BCUT2D eigenvalue weighted by atomic mass is 9.81.